The van der Waals surface area contributed by atoms with E-state index in [-0.39, 0.29) is 57.1 Å². The Bertz CT molecular complexity index is 3550. The van der Waals surface area contributed by atoms with Crippen LogP contribution in [0.25, 0.3) is 21.8 Å². The monoisotopic (exact) mass is 1210 g/mol. The van der Waals surface area contributed by atoms with E-state index in [2.05, 4.69) is 79.7 Å². The quantitative estimate of drug-likeness (QED) is 0.0922. The van der Waals surface area contributed by atoms with Crippen molar-refractivity contribution in [2.24, 2.45) is 0 Å². The molecule has 4 aromatic heterocycles. The number of carbonyl (C=O) groups excluding carboxylic acids is 2. The Morgan fingerprint density at radius 3 is 1.48 bits per heavy atom. The van der Waals surface area contributed by atoms with Crippen LogP contribution in [0.1, 0.15) is 92.7 Å². The van der Waals surface area contributed by atoms with E-state index in [1.165, 1.54) is 11.1 Å². The highest BCUT2D eigenvalue weighted by atomic mass is 79.9. The van der Waals surface area contributed by atoms with Gasteiger partial charge in [0.15, 0.2) is 17.9 Å². The standard InChI is InChI=1S/C31H30ClN5O3.C27H28ClN3O3.C4H3BrN2.CH4/c1-2-3-19-39-31(38)37-18-13-25-26-20-22(32)7-10-27(26)35-28(25)29(37)21-5-8-23(9-6-21)40-24-11-16-36(17-12-24)30-33-14-4-15-34-30;1-2-3-16-33-27(32)31-15-12-22-23-17-19(28)6-9-24(23)30-25(22)26(31)18-4-7-20(8-5-18)34-21-10-13-29-14-11-21;5-4-6-2-1-3-7-4;/h4-10,14-15,20,24,29,35H,11-13,16-19H2,1H3;4-9,17,21,26,29-30H,10-16H2,1H3;1-3H;1H4/t29-;26-;;/m00../s1. The van der Waals surface area contributed by atoms with Crippen LogP contribution in [0.3, 0.4) is 0 Å². The van der Waals surface area contributed by atoms with Gasteiger partial charge >= 0.3 is 12.2 Å². The van der Waals surface area contributed by atoms with E-state index >= 15 is 0 Å². The molecule has 12 rings (SSSR count). The Morgan fingerprint density at radius 1 is 0.610 bits per heavy atom. The second kappa shape index (κ2) is 28.3. The largest absolute Gasteiger partial charge is 0.490 e. The summed E-state index contributed by atoms with van der Waals surface area (Å²) in [7, 11) is 0. The van der Waals surface area contributed by atoms with E-state index in [0.29, 0.717) is 34.3 Å². The van der Waals surface area contributed by atoms with Crippen molar-refractivity contribution in [1.82, 2.24) is 45.0 Å². The molecular weight excluding hydrogens is 1140 g/mol. The fourth-order valence-electron chi connectivity index (χ4n) is 10.8. The molecule has 2 atom stereocenters. The van der Waals surface area contributed by atoms with E-state index < -0.39 is 0 Å². The first-order chi connectivity index (χ1) is 39.6. The number of carbonyl (C=O) groups is 2. The van der Waals surface area contributed by atoms with Crippen molar-refractivity contribution in [1.29, 1.82) is 0 Å². The number of H-pyrrole nitrogens is 2. The molecule has 8 aromatic rings. The van der Waals surface area contributed by atoms with Gasteiger partial charge in [0, 0.05) is 107 Å². The lowest BCUT2D eigenvalue weighted by atomic mass is 9.92. The number of anilines is 1. The molecule has 0 saturated carbocycles. The van der Waals surface area contributed by atoms with Gasteiger partial charge in [0.2, 0.25) is 5.95 Å². The molecule has 82 heavy (non-hydrogen) atoms. The molecule has 424 valence electrons. The zero-order valence-corrected chi connectivity index (χ0v) is 48.1. The van der Waals surface area contributed by atoms with Crippen molar-refractivity contribution in [2.45, 2.75) is 84.1 Å². The summed E-state index contributed by atoms with van der Waals surface area (Å²) in [5, 5.41) is 6.94. The van der Waals surface area contributed by atoms with Gasteiger partial charge < -0.3 is 39.1 Å². The number of amides is 2. The number of hydrogen-bond acceptors (Lipinski definition) is 12. The van der Waals surface area contributed by atoms with Gasteiger partial charge in [-0.25, -0.2) is 29.5 Å². The highest BCUT2D eigenvalue weighted by Crippen LogP contribution is 2.42. The molecule has 8 heterocycles. The lowest BCUT2D eigenvalue weighted by molar-refractivity contribution is 0.0985. The highest BCUT2D eigenvalue weighted by molar-refractivity contribution is 9.10. The van der Waals surface area contributed by atoms with Crippen molar-refractivity contribution in [3.8, 4) is 35.2 Å². The zero-order chi connectivity index (χ0) is 56.1. The summed E-state index contributed by atoms with van der Waals surface area (Å²) in [6, 6.07) is 30.8. The predicted octanol–water partition coefficient (Wildman–Crippen LogP) is 12.7. The van der Waals surface area contributed by atoms with Crippen LogP contribution >= 0.6 is 39.1 Å². The maximum atomic E-state index is 13.2. The van der Waals surface area contributed by atoms with Crippen molar-refractivity contribution < 1.29 is 28.5 Å². The minimum Gasteiger partial charge on any atom is -0.490 e. The van der Waals surface area contributed by atoms with Crippen LogP contribution in [0.5, 0.6) is 11.5 Å². The summed E-state index contributed by atoms with van der Waals surface area (Å²) < 4.78 is 24.1. The summed E-state index contributed by atoms with van der Waals surface area (Å²) in [4.78, 5) is 55.3. The van der Waals surface area contributed by atoms with Crippen LogP contribution in [0.4, 0.5) is 15.5 Å². The lowest BCUT2D eigenvalue weighted by Gasteiger charge is -2.35. The molecule has 0 radical (unpaired) electrons. The second-order valence-corrected chi connectivity index (χ2v) is 21.2. The van der Waals surface area contributed by atoms with Gasteiger partial charge in [0.25, 0.3) is 0 Å². The Hall–Kier alpha value is -7.80. The first-order valence-corrected chi connectivity index (χ1v) is 28.6. The van der Waals surface area contributed by atoms with Crippen LogP contribution in [-0.4, -0.2) is 117 Å². The van der Waals surface area contributed by atoms with E-state index in [4.69, 9.17) is 42.1 Å². The summed E-state index contributed by atoms with van der Waals surface area (Å²) >= 11 is 15.7. The van der Waals surface area contributed by atoms with Gasteiger partial charge in [0.05, 0.1) is 0 Å². The molecule has 2 fully saturated rings. The van der Waals surface area contributed by atoms with Gasteiger partial charge in [-0.1, -0.05) is 66.7 Å². The van der Waals surface area contributed by atoms with Crippen molar-refractivity contribution in [2.75, 3.05) is 57.4 Å². The molecule has 0 bridgehead atoms. The third kappa shape index (κ3) is 14.3. The normalized spacial score (nSPS) is 16.7. The fraction of sp³-hybridized carbons (Fsp3) is 0.333. The minimum atomic E-state index is -0.385. The van der Waals surface area contributed by atoms with Crippen LogP contribution in [0, 0.1) is 23.7 Å². The van der Waals surface area contributed by atoms with Crippen LogP contribution < -0.4 is 19.7 Å². The Labute approximate surface area is 496 Å². The summed E-state index contributed by atoms with van der Waals surface area (Å²) in [6.45, 7) is 8.34. The number of aromatic amines is 2. The maximum Gasteiger partial charge on any atom is 0.411 e. The SMILES string of the molecule is Brc1ncccn1.C.CC#CCOC(=O)N1CCc2c([nH]c3ccc(Cl)cc23)[C@@H]1c1ccc(OC2CCN(c3ncccn3)CC2)cc1.CC#CCOC(=O)N1CCc2c([nH]c3ccc(Cl)cc23)[C@@H]1c1ccc(OC2CCNCC2)cc1. The van der Waals surface area contributed by atoms with E-state index in [1.807, 2.05) is 91.0 Å². The molecule has 4 aromatic carbocycles. The minimum absolute atomic E-state index is 0. The third-order valence-electron chi connectivity index (χ3n) is 14.6. The van der Waals surface area contributed by atoms with Crippen molar-refractivity contribution in [3.05, 3.63) is 170 Å². The number of benzene rings is 4. The first kappa shape index (κ1) is 58.8. The maximum absolute atomic E-state index is 13.2. The summed E-state index contributed by atoms with van der Waals surface area (Å²) in [5.41, 5.74) is 8.32. The lowest BCUT2D eigenvalue weighted by Crippen LogP contribution is -2.41. The van der Waals surface area contributed by atoms with Crippen LogP contribution in [0.15, 0.2) is 127 Å². The van der Waals surface area contributed by atoms with E-state index in [1.54, 1.807) is 54.5 Å². The third-order valence-corrected chi connectivity index (χ3v) is 15.5. The highest BCUT2D eigenvalue weighted by Gasteiger charge is 2.37. The second-order valence-electron chi connectivity index (χ2n) is 19.6. The molecule has 3 N–H and O–H groups in total. The first-order valence-electron chi connectivity index (χ1n) is 27.1. The topological polar surface area (TPSA) is 176 Å². The smallest absolute Gasteiger partial charge is 0.411 e. The van der Waals surface area contributed by atoms with Crippen LogP contribution in [0.2, 0.25) is 10.0 Å². The molecule has 2 saturated heterocycles. The predicted molar refractivity (Wildman–Crippen MR) is 324 cm³/mol. The summed E-state index contributed by atoms with van der Waals surface area (Å²) in [5.74, 6) is 13.6. The van der Waals surface area contributed by atoms with Gasteiger partial charge in [-0.05, 0) is 164 Å². The number of nitrogens with one attached hydrogen (secondary N) is 3. The van der Waals surface area contributed by atoms with Gasteiger partial charge in [-0.3, -0.25) is 9.80 Å². The number of rotatable bonds is 9. The molecule has 16 nitrogen and oxygen atoms in total. The number of halogens is 3. The number of nitrogens with zero attached hydrogens (tertiary/aromatic N) is 7. The molecule has 19 heteroatoms. The van der Waals surface area contributed by atoms with Crippen molar-refractivity contribution >= 4 is 79.1 Å². The number of piperidine rings is 2. The molecule has 0 aliphatic carbocycles. The average molecular weight is 1210 g/mol. The number of aromatic nitrogens is 6. The van der Waals surface area contributed by atoms with Gasteiger partial charge in [-0.2, -0.15) is 0 Å². The number of fused-ring (bicyclic) bond motifs is 6. The fourth-order valence-corrected chi connectivity index (χ4v) is 11.4. The molecule has 4 aliphatic rings. The van der Waals surface area contributed by atoms with Crippen molar-refractivity contribution in [3.63, 3.8) is 0 Å². The van der Waals surface area contributed by atoms with Gasteiger partial charge in [-0.15, -0.1) is 11.8 Å². The molecular formula is C63H65BrCl2N10O6. The van der Waals surface area contributed by atoms with Gasteiger partial charge in [0.1, 0.15) is 35.8 Å². The number of hydrogen-bond donors (Lipinski definition) is 3. The van der Waals surface area contributed by atoms with Crippen LogP contribution in [-0.2, 0) is 22.3 Å². The molecule has 4 aliphatic heterocycles. The number of ether oxygens (including phenoxy) is 4. The Morgan fingerprint density at radius 2 is 1.05 bits per heavy atom. The average Bonchev–Trinajstić information content (AvgIpc) is 4.11. The van der Waals surface area contributed by atoms with E-state index in [9.17, 15) is 9.59 Å². The summed E-state index contributed by atoms with van der Waals surface area (Å²) in [6.07, 6.45) is 11.7. The zero-order valence-electron chi connectivity index (χ0n) is 45.0. The molecule has 0 spiro atoms. The molecule has 0 unspecified atom stereocenters. The Balaban J connectivity index is 0.000000176. The van der Waals surface area contributed by atoms with E-state index in [0.717, 1.165) is 120 Å². The Kier molecular flexibility index (Phi) is 20.3. The molecule has 2 amide bonds.